The van der Waals surface area contributed by atoms with Crippen LogP contribution in [0.4, 0.5) is 0 Å². The molecule has 1 aliphatic heterocycles. The average Bonchev–Trinajstić information content (AvgIpc) is 2.99. The molecule has 3 nitrogen and oxygen atoms in total. The largest absolute Gasteiger partial charge is 0.381 e. The first-order chi connectivity index (χ1) is 11.3. The molecule has 1 aliphatic rings. The highest BCUT2D eigenvalue weighted by molar-refractivity contribution is 7.17. The Bertz CT molecular complexity index is 592. The normalized spacial score (nSPS) is 16.0. The SMILES string of the molecule is CCCOC1CN(CCCOCCc2ccc3sccc3c2)C1. The minimum atomic E-state index is 0.475. The quantitative estimate of drug-likeness (QED) is 0.614. The Kier molecular flexibility index (Phi) is 6.46. The van der Waals surface area contributed by atoms with Crippen molar-refractivity contribution >= 4 is 21.4 Å². The second kappa shape index (κ2) is 8.78. The van der Waals surface area contributed by atoms with Gasteiger partial charge in [0, 0.05) is 37.5 Å². The topological polar surface area (TPSA) is 21.7 Å². The maximum absolute atomic E-state index is 5.79. The Balaban J connectivity index is 1.22. The minimum Gasteiger partial charge on any atom is -0.381 e. The lowest BCUT2D eigenvalue weighted by molar-refractivity contribution is -0.0560. The summed E-state index contributed by atoms with van der Waals surface area (Å²) in [6, 6.07) is 8.91. The van der Waals surface area contributed by atoms with E-state index in [1.165, 1.54) is 15.6 Å². The lowest BCUT2D eigenvalue weighted by Crippen LogP contribution is -2.52. The van der Waals surface area contributed by atoms with Crippen LogP contribution in [0.25, 0.3) is 10.1 Å². The summed E-state index contributed by atoms with van der Waals surface area (Å²) in [4.78, 5) is 2.45. The molecule has 1 aromatic heterocycles. The van der Waals surface area contributed by atoms with E-state index in [-0.39, 0.29) is 0 Å². The maximum Gasteiger partial charge on any atom is 0.0828 e. The van der Waals surface area contributed by atoms with Crippen LogP contribution in [-0.4, -0.2) is 50.5 Å². The summed E-state index contributed by atoms with van der Waals surface area (Å²) in [6.07, 6.45) is 3.71. The summed E-state index contributed by atoms with van der Waals surface area (Å²) in [7, 11) is 0. The summed E-state index contributed by atoms with van der Waals surface area (Å²) in [6.45, 7) is 8.06. The predicted octanol–water partition coefficient (Wildman–Crippen LogP) is 3.96. The zero-order chi connectivity index (χ0) is 15.9. The molecule has 0 spiro atoms. The van der Waals surface area contributed by atoms with Crippen LogP contribution in [0.15, 0.2) is 29.6 Å². The van der Waals surface area contributed by atoms with E-state index in [1.54, 1.807) is 11.3 Å². The zero-order valence-corrected chi connectivity index (χ0v) is 14.8. The van der Waals surface area contributed by atoms with E-state index < -0.39 is 0 Å². The average molecular weight is 333 g/mol. The van der Waals surface area contributed by atoms with Gasteiger partial charge >= 0.3 is 0 Å². The third kappa shape index (κ3) is 5.01. The van der Waals surface area contributed by atoms with E-state index in [2.05, 4.69) is 41.5 Å². The standard InChI is InChI=1S/C19H27NO2S/c1-2-9-22-18-14-20(15-18)8-3-10-21-11-6-16-4-5-19-17(13-16)7-12-23-19/h4-5,7,12-13,18H,2-3,6,8-11,14-15H2,1H3. The van der Waals surface area contributed by atoms with Gasteiger partial charge in [-0.25, -0.2) is 0 Å². The third-order valence-corrected chi connectivity index (χ3v) is 5.19. The highest BCUT2D eigenvalue weighted by Gasteiger charge is 2.26. The van der Waals surface area contributed by atoms with Gasteiger partial charge in [0.25, 0.3) is 0 Å². The van der Waals surface area contributed by atoms with Crippen LogP contribution in [0, 0.1) is 0 Å². The monoisotopic (exact) mass is 333 g/mol. The summed E-state index contributed by atoms with van der Waals surface area (Å²) in [5.74, 6) is 0. The number of ether oxygens (including phenoxy) is 2. The molecule has 0 aliphatic carbocycles. The molecule has 1 saturated heterocycles. The molecule has 3 rings (SSSR count). The van der Waals surface area contributed by atoms with Gasteiger partial charge < -0.3 is 9.47 Å². The second-order valence-electron chi connectivity index (χ2n) is 6.26. The Morgan fingerprint density at radius 3 is 2.96 bits per heavy atom. The molecule has 2 aromatic rings. The molecule has 0 radical (unpaired) electrons. The molecule has 0 bridgehead atoms. The molecule has 0 N–H and O–H groups in total. The van der Waals surface area contributed by atoms with Gasteiger partial charge in [0.05, 0.1) is 12.7 Å². The Hall–Kier alpha value is -0.940. The van der Waals surface area contributed by atoms with Gasteiger partial charge in [-0.1, -0.05) is 19.1 Å². The Morgan fingerprint density at radius 1 is 1.17 bits per heavy atom. The van der Waals surface area contributed by atoms with Crippen molar-refractivity contribution in [2.45, 2.75) is 32.3 Å². The van der Waals surface area contributed by atoms with E-state index in [1.807, 2.05) is 0 Å². The van der Waals surface area contributed by atoms with Gasteiger partial charge in [0.15, 0.2) is 0 Å². The number of fused-ring (bicyclic) bond motifs is 1. The lowest BCUT2D eigenvalue weighted by Gasteiger charge is -2.38. The van der Waals surface area contributed by atoms with Gasteiger partial charge in [-0.2, -0.15) is 0 Å². The van der Waals surface area contributed by atoms with Crippen molar-refractivity contribution in [1.82, 2.24) is 4.90 Å². The van der Waals surface area contributed by atoms with Gasteiger partial charge in [0.1, 0.15) is 0 Å². The summed E-state index contributed by atoms with van der Waals surface area (Å²) >= 11 is 1.80. The number of nitrogens with zero attached hydrogens (tertiary/aromatic N) is 1. The van der Waals surface area contributed by atoms with E-state index in [9.17, 15) is 0 Å². The Morgan fingerprint density at radius 2 is 2.09 bits per heavy atom. The molecule has 23 heavy (non-hydrogen) atoms. The fraction of sp³-hybridized carbons (Fsp3) is 0.579. The first-order valence-corrected chi connectivity index (χ1v) is 9.61. The number of benzene rings is 1. The molecule has 4 heteroatoms. The molecule has 0 saturated carbocycles. The van der Waals surface area contributed by atoms with Crippen LogP contribution in [-0.2, 0) is 15.9 Å². The third-order valence-electron chi connectivity index (χ3n) is 4.30. The molecule has 2 heterocycles. The number of thiophene rings is 1. The molecule has 0 amide bonds. The molecule has 126 valence electrons. The van der Waals surface area contributed by atoms with Gasteiger partial charge in [0.2, 0.25) is 0 Å². The molecular formula is C19H27NO2S. The fourth-order valence-electron chi connectivity index (χ4n) is 2.95. The van der Waals surface area contributed by atoms with Crippen LogP contribution >= 0.6 is 11.3 Å². The van der Waals surface area contributed by atoms with Crippen LogP contribution in [0.1, 0.15) is 25.3 Å². The van der Waals surface area contributed by atoms with Crippen molar-refractivity contribution in [3.05, 3.63) is 35.2 Å². The van der Waals surface area contributed by atoms with Crippen LogP contribution in [0.5, 0.6) is 0 Å². The maximum atomic E-state index is 5.79. The first kappa shape index (κ1) is 16.9. The van der Waals surface area contributed by atoms with Crippen molar-refractivity contribution in [1.29, 1.82) is 0 Å². The van der Waals surface area contributed by atoms with Crippen molar-refractivity contribution in [3.63, 3.8) is 0 Å². The lowest BCUT2D eigenvalue weighted by atomic mass is 10.1. The molecule has 0 atom stereocenters. The van der Waals surface area contributed by atoms with E-state index in [4.69, 9.17) is 9.47 Å². The summed E-state index contributed by atoms with van der Waals surface area (Å²) < 4.78 is 12.9. The highest BCUT2D eigenvalue weighted by Crippen LogP contribution is 2.21. The zero-order valence-electron chi connectivity index (χ0n) is 14.0. The molecule has 1 fully saturated rings. The molecular weight excluding hydrogens is 306 g/mol. The van der Waals surface area contributed by atoms with E-state index in [0.29, 0.717) is 6.10 Å². The van der Waals surface area contributed by atoms with Crippen molar-refractivity contribution in [3.8, 4) is 0 Å². The minimum absolute atomic E-state index is 0.475. The van der Waals surface area contributed by atoms with Gasteiger partial charge in [-0.3, -0.25) is 4.90 Å². The van der Waals surface area contributed by atoms with Gasteiger partial charge in [-0.15, -0.1) is 11.3 Å². The second-order valence-corrected chi connectivity index (χ2v) is 7.21. The number of hydrogen-bond acceptors (Lipinski definition) is 4. The van der Waals surface area contributed by atoms with Gasteiger partial charge in [-0.05, 0) is 47.7 Å². The van der Waals surface area contributed by atoms with Crippen LogP contribution in [0.3, 0.4) is 0 Å². The fourth-order valence-corrected chi connectivity index (χ4v) is 3.72. The van der Waals surface area contributed by atoms with Crippen LogP contribution in [0.2, 0.25) is 0 Å². The van der Waals surface area contributed by atoms with Crippen molar-refractivity contribution in [2.75, 3.05) is 39.5 Å². The smallest absolute Gasteiger partial charge is 0.0828 e. The van der Waals surface area contributed by atoms with E-state index in [0.717, 1.165) is 58.7 Å². The Labute approximate surface area is 143 Å². The van der Waals surface area contributed by atoms with Crippen molar-refractivity contribution < 1.29 is 9.47 Å². The predicted molar refractivity (Wildman–Crippen MR) is 97.4 cm³/mol. The van der Waals surface area contributed by atoms with Crippen molar-refractivity contribution in [2.24, 2.45) is 0 Å². The van der Waals surface area contributed by atoms with Crippen LogP contribution < -0.4 is 0 Å². The number of likely N-dealkylation sites (tertiary alicyclic amines) is 1. The summed E-state index contributed by atoms with van der Waals surface area (Å²) in [5, 5.41) is 3.50. The molecule has 0 unspecified atom stereocenters. The summed E-state index contributed by atoms with van der Waals surface area (Å²) in [5.41, 5.74) is 1.37. The number of hydrogen-bond donors (Lipinski definition) is 0. The van der Waals surface area contributed by atoms with E-state index >= 15 is 0 Å². The first-order valence-electron chi connectivity index (χ1n) is 8.73. The highest BCUT2D eigenvalue weighted by atomic mass is 32.1. The number of rotatable bonds is 10. The molecule has 1 aromatic carbocycles.